The number of rotatable bonds is 9. The van der Waals surface area contributed by atoms with E-state index in [1.54, 1.807) is 19.1 Å². The van der Waals surface area contributed by atoms with Crippen LogP contribution in [0.25, 0.3) is 0 Å². The van der Waals surface area contributed by atoms with Crippen molar-refractivity contribution < 1.29 is 17.9 Å². The van der Waals surface area contributed by atoms with Gasteiger partial charge in [-0.15, -0.1) is 0 Å². The second-order valence-electron chi connectivity index (χ2n) is 7.91. The fourth-order valence-electron chi connectivity index (χ4n) is 3.46. The van der Waals surface area contributed by atoms with Crippen LogP contribution in [0.1, 0.15) is 43.4 Å². The van der Waals surface area contributed by atoms with E-state index in [0.717, 1.165) is 33.0 Å². The van der Waals surface area contributed by atoms with Gasteiger partial charge in [0.2, 0.25) is 15.9 Å². The number of carbonyl (C=O) groups excluding carboxylic acids is 1. The van der Waals surface area contributed by atoms with E-state index in [4.69, 9.17) is 4.74 Å². The van der Waals surface area contributed by atoms with Crippen molar-refractivity contribution in [3.8, 4) is 5.75 Å². The number of carbonyl (C=O) groups is 1. The van der Waals surface area contributed by atoms with Crippen LogP contribution < -0.4 is 14.4 Å². The summed E-state index contributed by atoms with van der Waals surface area (Å²) in [5.74, 6) is 0.750. The first-order valence-electron chi connectivity index (χ1n) is 10.1. The summed E-state index contributed by atoms with van der Waals surface area (Å²) >= 11 is 0. The highest BCUT2D eigenvalue weighted by Crippen LogP contribution is 2.26. The topological polar surface area (TPSA) is 75.7 Å². The number of nitrogens with one attached hydrogen (secondary N) is 1. The number of amides is 1. The average molecular weight is 433 g/mol. The van der Waals surface area contributed by atoms with Crippen LogP contribution in [-0.2, 0) is 14.8 Å². The lowest BCUT2D eigenvalue weighted by atomic mass is 10.0. The van der Waals surface area contributed by atoms with Crippen molar-refractivity contribution in [3.63, 3.8) is 0 Å². The van der Waals surface area contributed by atoms with E-state index in [1.165, 1.54) is 0 Å². The van der Waals surface area contributed by atoms with Crippen molar-refractivity contribution in [1.82, 2.24) is 5.32 Å². The SMILES string of the molecule is Cc1cc(C)cc(N([C@H](C)C(=O)NCCOc2ccccc2C(C)C)S(C)(=O)=O)c1. The van der Waals surface area contributed by atoms with Gasteiger partial charge in [0.1, 0.15) is 18.4 Å². The zero-order valence-corrected chi connectivity index (χ0v) is 19.4. The lowest BCUT2D eigenvalue weighted by Crippen LogP contribution is -2.48. The molecule has 0 aliphatic carbocycles. The first-order valence-corrected chi connectivity index (χ1v) is 11.9. The van der Waals surface area contributed by atoms with E-state index in [9.17, 15) is 13.2 Å². The normalized spacial score (nSPS) is 12.5. The van der Waals surface area contributed by atoms with Crippen molar-refractivity contribution >= 4 is 21.6 Å². The summed E-state index contributed by atoms with van der Waals surface area (Å²) in [6.45, 7) is 10.1. The minimum atomic E-state index is -3.64. The van der Waals surface area contributed by atoms with E-state index in [0.29, 0.717) is 18.2 Å². The maximum absolute atomic E-state index is 12.7. The molecule has 0 saturated carbocycles. The summed E-state index contributed by atoms with van der Waals surface area (Å²) in [6, 6.07) is 12.4. The fourth-order valence-corrected chi connectivity index (χ4v) is 4.62. The molecule has 2 aromatic rings. The minimum absolute atomic E-state index is 0.278. The van der Waals surface area contributed by atoms with Crippen molar-refractivity contribution in [2.75, 3.05) is 23.7 Å². The predicted molar refractivity (Wildman–Crippen MR) is 122 cm³/mol. The van der Waals surface area contributed by atoms with Crippen LogP contribution in [0.2, 0.25) is 0 Å². The summed E-state index contributed by atoms with van der Waals surface area (Å²) in [6.07, 6.45) is 1.11. The zero-order chi connectivity index (χ0) is 22.5. The summed E-state index contributed by atoms with van der Waals surface area (Å²) < 4.78 is 31.9. The van der Waals surface area contributed by atoms with Crippen LogP contribution in [0, 0.1) is 13.8 Å². The third-order valence-corrected chi connectivity index (χ3v) is 5.99. The molecule has 7 heteroatoms. The number of anilines is 1. The number of hydrogen-bond acceptors (Lipinski definition) is 4. The number of hydrogen-bond donors (Lipinski definition) is 1. The molecule has 0 aromatic heterocycles. The third kappa shape index (κ3) is 6.23. The average Bonchev–Trinajstić information content (AvgIpc) is 2.63. The molecule has 0 fully saturated rings. The molecule has 0 radical (unpaired) electrons. The quantitative estimate of drug-likeness (QED) is 0.612. The van der Waals surface area contributed by atoms with E-state index in [1.807, 2.05) is 44.2 Å². The molecule has 2 aromatic carbocycles. The van der Waals surface area contributed by atoms with Crippen molar-refractivity contribution in [2.45, 2.75) is 46.6 Å². The number of nitrogens with zero attached hydrogens (tertiary/aromatic N) is 1. The second-order valence-corrected chi connectivity index (χ2v) is 9.77. The standard InChI is InChI=1S/C23H32N2O4S/c1-16(2)21-9-7-8-10-22(21)29-12-11-24-23(26)19(5)25(30(6,27)28)20-14-17(3)13-18(4)15-20/h7-10,13-16,19H,11-12H2,1-6H3,(H,24,26)/t19-/m1/s1. The molecule has 0 aliphatic rings. The summed E-state index contributed by atoms with van der Waals surface area (Å²) in [5.41, 5.74) is 3.46. The number of ether oxygens (including phenoxy) is 1. The summed E-state index contributed by atoms with van der Waals surface area (Å²) in [4.78, 5) is 12.7. The van der Waals surface area contributed by atoms with Gasteiger partial charge in [-0.3, -0.25) is 9.10 Å². The monoisotopic (exact) mass is 432 g/mol. The highest BCUT2D eigenvalue weighted by Gasteiger charge is 2.29. The summed E-state index contributed by atoms with van der Waals surface area (Å²) in [5, 5.41) is 2.78. The van der Waals surface area contributed by atoms with Crippen LogP contribution in [-0.4, -0.2) is 39.8 Å². The van der Waals surface area contributed by atoms with Gasteiger partial charge in [0.05, 0.1) is 18.5 Å². The Labute approximate surface area is 180 Å². The first kappa shape index (κ1) is 23.7. The van der Waals surface area contributed by atoms with Crippen LogP contribution >= 0.6 is 0 Å². The molecule has 1 amide bonds. The molecule has 6 nitrogen and oxygen atoms in total. The molecule has 164 valence electrons. The predicted octanol–water partition coefficient (Wildman–Crippen LogP) is 3.78. The van der Waals surface area contributed by atoms with Crippen LogP contribution in [0.3, 0.4) is 0 Å². The van der Waals surface area contributed by atoms with E-state index in [-0.39, 0.29) is 12.5 Å². The number of para-hydroxylation sites is 1. The second kappa shape index (κ2) is 9.98. The molecular formula is C23H32N2O4S. The highest BCUT2D eigenvalue weighted by atomic mass is 32.2. The van der Waals surface area contributed by atoms with Gasteiger partial charge in [-0.2, -0.15) is 0 Å². The third-order valence-electron chi connectivity index (χ3n) is 4.75. The van der Waals surface area contributed by atoms with Crippen molar-refractivity contribution in [1.29, 1.82) is 0 Å². The van der Waals surface area contributed by atoms with E-state index < -0.39 is 16.1 Å². The highest BCUT2D eigenvalue weighted by molar-refractivity contribution is 7.92. The Hall–Kier alpha value is -2.54. The first-order chi connectivity index (χ1) is 14.0. The Bertz CT molecular complexity index is 966. The Morgan fingerprint density at radius 3 is 2.23 bits per heavy atom. The van der Waals surface area contributed by atoms with Gasteiger partial charge in [0, 0.05) is 0 Å². The van der Waals surface area contributed by atoms with Crippen LogP contribution in [0.15, 0.2) is 42.5 Å². The van der Waals surface area contributed by atoms with Gasteiger partial charge in [0.25, 0.3) is 0 Å². The molecule has 0 unspecified atom stereocenters. The Balaban J connectivity index is 2.04. The van der Waals surface area contributed by atoms with Crippen LogP contribution in [0.5, 0.6) is 5.75 Å². The number of sulfonamides is 1. The number of benzene rings is 2. The van der Waals surface area contributed by atoms with Gasteiger partial charge in [-0.25, -0.2) is 8.42 Å². The van der Waals surface area contributed by atoms with E-state index >= 15 is 0 Å². The van der Waals surface area contributed by atoms with Gasteiger partial charge in [-0.05, 0) is 61.6 Å². The fraction of sp³-hybridized carbons (Fsp3) is 0.435. The van der Waals surface area contributed by atoms with Gasteiger partial charge in [-0.1, -0.05) is 38.1 Å². The Morgan fingerprint density at radius 1 is 1.07 bits per heavy atom. The maximum Gasteiger partial charge on any atom is 0.243 e. The van der Waals surface area contributed by atoms with Gasteiger partial charge in [0.15, 0.2) is 0 Å². The van der Waals surface area contributed by atoms with Crippen molar-refractivity contribution in [3.05, 3.63) is 59.2 Å². The van der Waals surface area contributed by atoms with Crippen LogP contribution in [0.4, 0.5) is 5.69 Å². The van der Waals surface area contributed by atoms with E-state index in [2.05, 4.69) is 19.2 Å². The van der Waals surface area contributed by atoms with Gasteiger partial charge >= 0.3 is 0 Å². The molecule has 0 aliphatic heterocycles. The minimum Gasteiger partial charge on any atom is -0.491 e. The molecule has 0 heterocycles. The molecular weight excluding hydrogens is 400 g/mol. The molecule has 30 heavy (non-hydrogen) atoms. The molecule has 1 N–H and O–H groups in total. The zero-order valence-electron chi connectivity index (χ0n) is 18.6. The lowest BCUT2D eigenvalue weighted by molar-refractivity contribution is -0.121. The maximum atomic E-state index is 12.7. The molecule has 0 spiro atoms. The van der Waals surface area contributed by atoms with Crippen molar-refractivity contribution in [2.24, 2.45) is 0 Å². The molecule has 0 bridgehead atoms. The Morgan fingerprint density at radius 2 is 1.67 bits per heavy atom. The molecule has 2 rings (SSSR count). The molecule has 0 saturated heterocycles. The van der Waals surface area contributed by atoms with Gasteiger partial charge < -0.3 is 10.1 Å². The summed E-state index contributed by atoms with van der Waals surface area (Å²) in [7, 11) is -3.64. The molecule has 1 atom stereocenters. The largest absolute Gasteiger partial charge is 0.491 e. The number of aryl methyl sites for hydroxylation is 2. The Kier molecular flexibility index (Phi) is 7.89. The smallest absolute Gasteiger partial charge is 0.243 e. The lowest BCUT2D eigenvalue weighted by Gasteiger charge is -2.28.